The minimum Gasteiger partial charge on any atom is -0.426 e. The van der Waals surface area contributed by atoms with Gasteiger partial charge in [0, 0.05) is 21.1 Å². The lowest BCUT2D eigenvalue weighted by Gasteiger charge is -2.17. The number of benzene rings is 1. The van der Waals surface area contributed by atoms with Gasteiger partial charge in [0.25, 0.3) is 5.69 Å². The second-order valence-corrected chi connectivity index (χ2v) is 9.32. The average molecular weight is 292 g/mol. The molecule has 0 aliphatic heterocycles. The fourth-order valence-corrected chi connectivity index (χ4v) is 4.26. The number of esters is 1. The second kappa shape index (κ2) is 6.52. The largest absolute Gasteiger partial charge is 0.426 e. The van der Waals surface area contributed by atoms with Crippen LogP contribution < -0.4 is 4.74 Å². The molecular weight excluding hydrogens is 279 g/mol. The van der Waals surface area contributed by atoms with Crippen molar-refractivity contribution in [3.8, 4) is 5.75 Å². The summed E-state index contributed by atoms with van der Waals surface area (Å²) in [6.45, 7) is 1.35. The summed E-state index contributed by atoms with van der Waals surface area (Å²) in [6.07, 6.45) is 0. The van der Waals surface area contributed by atoms with E-state index in [2.05, 4.69) is 0 Å². The summed E-state index contributed by atoms with van der Waals surface area (Å²) < 4.78 is 15.4. The van der Waals surface area contributed by atoms with Crippen molar-refractivity contribution in [3.05, 3.63) is 24.3 Å². The number of rotatable bonds is 5. The molecule has 0 spiro atoms. The predicted octanol–water partition coefficient (Wildman–Crippen LogP) is 3.22. The normalized spacial score (nSPS) is 11.2. The number of hydrogen-bond acceptors (Lipinski definition) is 6. The third-order valence-corrected chi connectivity index (χ3v) is 7.13. The van der Waals surface area contributed by atoms with Gasteiger partial charge in [-0.05, 0) is 35.3 Å². The van der Waals surface area contributed by atoms with Crippen LogP contribution in [0.25, 0.3) is 0 Å². The lowest BCUT2D eigenvalue weighted by atomic mass is 10.3. The zero-order chi connectivity index (χ0) is 12.9. The summed E-state index contributed by atoms with van der Waals surface area (Å²) in [4.78, 5) is 11.7. The van der Waals surface area contributed by atoms with Gasteiger partial charge >= 0.3 is 5.97 Å². The number of hydrogen-bond donors (Lipinski definition) is 0. The third-order valence-electron chi connectivity index (χ3n) is 1.76. The summed E-state index contributed by atoms with van der Waals surface area (Å²) in [6, 6.07) is 7.13. The van der Waals surface area contributed by atoms with Crippen molar-refractivity contribution in [2.45, 2.75) is 11.8 Å². The Morgan fingerprint density at radius 1 is 1.29 bits per heavy atom. The van der Waals surface area contributed by atoms with Crippen LogP contribution >= 0.6 is 17.1 Å². The molecule has 0 heterocycles. The van der Waals surface area contributed by atoms with Crippen molar-refractivity contribution in [1.82, 2.24) is 0 Å². The molecule has 0 fully saturated rings. The molecule has 0 saturated heterocycles. The molecule has 1 rings (SSSR count). The van der Waals surface area contributed by atoms with E-state index in [1.54, 1.807) is 12.1 Å². The first-order valence-corrected chi connectivity index (χ1v) is 8.75. The average Bonchev–Trinajstić information content (AvgIpc) is 2.31. The molecule has 1 aromatic carbocycles. The Morgan fingerprint density at radius 2 is 1.88 bits per heavy atom. The standard InChI is InChI=1S/C10H13O4PS2/c1-8(11)14-9-6-4-5-7-10(9)17-15(16,12-2)13-3/h4-7H,1-3H3. The van der Waals surface area contributed by atoms with Gasteiger partial charge in [-0.1, -0.05) is 12.1 Å². The summed E-state index contributed by atoms with van der Waals surface area (Å²) in [5.41, 5.74) is -2.41. The zero-order valence-electron chi connectivity index (χ0n) is 9.71. The Bertz CT molecular complexity index is 442. The first-order valence-electron chi connectivity index (χ1n) is 4.69. The SMILES string of the molecule is COP(=S)(OC)Sc1ccccc1OC(C)=O. The van der Waals surface area contributed by atoms with Crippen molar-refractivity contribution in [3.63, 3.8) is 0 Å². The molecule has 0 saturated carbocycles. The molecule has 4 nitrogen and oxygen atoms in total. The molecule has 0 unspecified atom stereocenters. The van der Waals surface area contributed by atoms with Crippen LogP contribution in [0.2, 0.25) is 0 Å². The summed E-state index contributed by atoms with van der Waals surface area (Å²) in [5.74, 6) is 0.0921. The molecule has 7 heteroatoms. The maximum Gasteiger partial charge on any atom is 0.308 e. The molecule has 0 aromatic heterocycles. The van der Waals surface area contributed by atoms with Crippen LogP contribution in [0.3, 0.4) is 0 Å². The first kappa shape index (κ1) is 14.7. The Balaban J connectivity index is 2.97. The van der Waals surface area contributed by atoms with Crippen LogP contribution in [0.15, 0.2) is 29.2 Å². The fraction of sp³-hybridized carbons (Fsp3) is 0.300. The number of para-hydroxylation sites is 1. The van der Waals surface area contributed by atoms with Gasteiger partial charge in [-0.3, -0.25) is 4.79 Å². The maximum atomic E-state index is 11.0. The van der Waals surface area contributed by atoms with Crippen molar-refractivity contribution in [1.29, 1.82) is 0 Å². The van der Waals surface area contributed by atoms with Gasteiger partial charge in [-0.2, -0.15) is 0 Å². The highest BCUT2D eigenvalue weighted by Gasteiger charge is 2.20. The Morgan fingerprint density at radius 3 is 2.41 bits per heavy atom. The van der Waals surface area contributed by atoms with E-state index in [1.807, 2.05) is 12.1 Å². The van der Waals surface area contributed by atoms with Crippen LogP contribution in [0, 0.1) is 0 Å². The van der Waals surface area contributed by atoms with E-state index in [-0.39, 0.29) is 5.97 Å². The van der Waals surface area contributed by atoms with Gasteiger partial charge in [0.05, 0.1) is 4.90 Å². The van der Waals surface area contributed by atoms with Gasteiger partial charge in [-0.25, -0.2) is 0 Å². The van der Waals surface area contributed by atoms with Gasteiger partial charge in [0.15, 0.2) is 0 Å². The van der Waals surface area contributed by atoms with E-state index in [0.29, 0.717) is 5.75 Å². The van der Waals surface area contributed by atoms with E-state index in [0.717, 1.165) is 4.90 Å². The van der Waals surface area contributed by atoms with Gasteiger partial charge in [0.2, 0.25) is 0 Å². The lowest BCUT2D eigenvalue weighted by molar-refractivity contribution is -0.132. The second-order valence-electron chi connectivity index (χ2n) is 2.94. The molecule has 0 atom stereocenters. The highest BCUT2D eigenvalue weighted by molar-refractivity contribution is 8.67. The van der Waals surface area contributed by atoms with Crippen molar-refractivity contribution in [2.75, 3.05) is 14.2 Å². The summed E-state index contributed by atoms with van der Waals surface area (Å²) in [5, 5.41) is 0. The Hall–Kier alpha value is -0.390. The molecular formula is C10H13O4PS2. The van der Waals surface area contributed by atoms with Crippen LogP contribution in [0.4, 0.5) is 0 Å². The van der Waals surface area contributed by atoms with Gasteiger partial charge in [0.1, 0.15) is 5.75 Å². The monoisotopic (exact) mass is 292 g/mol. The molecule has 0 N–H and O–H groups in total. The van der Waals surface area contributed by atoms with Crippen molar-refractivity contribution >= 4 is 34.9 Å². The highest BCUT2D eigenvalue weighted by Crippen LogP contribution is 2.64. The molecule has 17 heavy (non-hydrogen) atoms. The van der Waals surface area contributed by atoms with E-state index in [1.165, 1.54) is 32.5 Å². The summed E-state index contributed by atoms with van der Waals surface area (Å²) in [7, 11) is 3.01. The van der Waals surface area contributed by atoms with E-state index in [9.17, 15) is 4.79 Å². The summed E-state index contributed by atoms with van der Waals surface area (Å²) >= 11 is 6.51. The number of ether oxygens (including phenoxy) is 1. The molecule has 1 aromatic rings. The Labute approximate surface area is 110 Å². The van der Waals surface area contributed by atoms with E-state index in [4.69, 9.17) is 25.6 Å². The quantitative estimate of drug-likeness (QED) is 0.472. The van der Waals surface area contributed by atoms with Crippen LogP contribution in [0.5, 0.6) is 5.75 Å². The van der Waals surface area contributed by atoms with E-state index < -0.39 is 5.69 Å². The topological polar surface area (TPSA) is 44.8 Å². The minimum absolute atomic E-state index is 0.374. The Kier molecular flexibility index (Phi) is 5.62. The van der Waals surface area contributed by atoms with E-state index >= 15 is 0 Å². The van der Waals surface area contributed by atoms with Crippen LogP contribution in [-0.2, 0) is 25.6 Å². The smallest absolute Gasteiger partial charge is 0.308 e. The van der Waals surface area contributed by atoms with Crippen LogP contribution in [-0.4, -0.2) is 20.2 Å². The molecule has 0 aliphatic rings. The first-order chi connectivity index (χ1) is 8.00. The number of carbonyl (C=O) groups excluding carboxylic acids is 1. The lowest BCUT2D eigenvalue weighted by Crippen LogP contribution is -2.02. The predicted molar refractivity (Wildman–Crippen MR) is 71.9 cm³/mol. The molecule has 94 valence electrons. The zero-order valence-corrected chi connectivity index (χ0v) is 12.2. The van der Waals surface area contributed by atoms with Crippen LogP contribution in [0.1, 0.15) is 6.92 Å². The highest BCUT2D eigenvalue weighted by atomic mass is 32.9. The van der Waals surface area contributed by atoms with Crippen molar-refractivity contribution in [2.24, 2.45) is 0 Å². The molecule has 0 radical (unpaired) electrons. The van der Waals surface area contributed by atoms with Gasteiger partial charge in [-0.15, -0.1) is 0 Å². The molecule has 0 bridgehead atoms. The molecule has 0 amide bonds. The third kappa shape index (κ3) is 4.41. The maximum absolute atomic E-state index is 11.0. The molecule has 0 aliphatic carbocycles. The van der Waals surface area contributed by atoms with Gasteiger partial charge < -0.3 is 13.8 Å². The minimum atomic E-state index is -2.41. The van der Waals surface area contributed by atoms with Crippen molar-refractivity contribution < 1.29 is 18.6 Å². The fourth-order valence-electron chi connectivity index (χ4n) is 1.03. The number of carbonyl (C=O) groups is 1.